The van der Waals surface area contributed by atoms with Crippen LogP contribution < -0.4 is 5.32 Å². The second kappa shape index (κ2) is 3.31. The molecule has 2 saturated carbocycles. The maximum atomic E-state index is 12.8. The summed E-state index contributed by atoms with van der Waals surface area (Å²) in [6, 6.07) is 7.69. The zero-order chi connectivity index (χ0) is 10.3. The Labute approximate surface area is 89.7 Å². The molecule has 2 fully saturated rings. The molecule has 0 radical (unpaired) electrons. The fourth-order valence-electron chi connectivity index (χ4n) is 2.35. The van der Waals surface area contributed by atoms with Crippen molar-refractivity contribution in [2.24, 2.45) is 0 Å². The predicted octanol–water partition coefficient (Wildman–Crippen LogP) is 2.96. The Balaban J connectivity index is 1.76. The summed E-state index contributed by atoms with van der Waals surface area (Å²) in [6.45, 7) is 0. The van der Waals surface area contributed by atoms with Crippen molar-refractivity contribution < 1.29 is 4.39 Å². The normalized spacial score (nSPS) is 23.5. The smallest absolute Gasteiger partial charge is 0.123 e. The fraction of sp³-hybridized carbons (Fsp3) is 0.538. The Morgan fingerprint density at radius 1 is 1.13 bits per heavy atom. The van der Waals surface area contributed by atoms with Gasteiger partial charge in [0.2, 0.25) is 0 Å². The summed E-state index contributed by atoms with van der Waals surface area (Å²) in [7, 11) is 0. The number of benzene rings is 1. The van der Waals surface area contributed by atoms with Gasteiger partial charge >= 0.3 is 0 Å². The van der Waals surface area contributed by atoms with Gasteiger partial charge in [0, 0.05) is 11.6 Å². The highest BCUT2D eigenvalue weighted by Gasteiger charge is 2.45. The van der Waals surface area contributed by atoms with Crippen molar-refractivity contribution in [3.8, 4) is 0 Å². The van der Waals surface area contributed by atoms with E-state index in [1.54, 1.807) is 12.1 Å². The van der Waals surface area contributed by atoms with Gasteiger partial charge in [0.1, 0.15) is 5.82 Å². The van der Waals surface area contributed by atoms with Crippen LogP contribution in [-0.4, -0.2) is 6.04 Å². The van der Waals surface area contributed by atoms with E-state index in [-0.39, 0.29) is 11.4 Å². The maximum Gasteiger partial charge on any atom is 0.123 e. The Morgan fingerprint density at radius 2 is 1.80 bits per heavy atom. The maximum absolute atomic E-state index is 12.8. The van der Waals surface area contributed by atoms with Gasteiger partial charge in [0.05, 0.1) is 0 Å². The summed E-state index contributed by atoms with van der Waals surface area (Å²) >= 11 is 0. The lowest BCUT2D eigenvalue weighted by Crippen LogP contribution is -2.42. The molecule has 2 heteroatoms. The van der Waals surface area contributed by atoms with Crippen LogP contribution in [0, 0.1) is 5.82 Å². The molecule has 0 amide bonds. The van der Waals surface area contributed by atoms with Crippen LogP contribution in [0.5, 0.6) is 0 Å². The van der Waals surface area contributed by atoms with Gasteiger partial charge < -0.3 is 5.32 Å². The highest BCUT2D eigenvalue weighted by atomic mass is 19.1. The van der Waals surface area contributed by atoms with E-state index in [1.807, 2.05) is 12.1 Å². The van der Waals surface area contributed by atoms with E-state index in [9.17, 15) is 4.39 Å². The van der Waals surface area contributed by atoms with E-state index >= 15 is 0 Å². The molecule has 1 nitrogen and oxygen atoms in total. The van der Waals surface area contributed by atoms with E-state index in [2.05, 4.69) is 5.32 Å². The van der Waals surface area contributed by atoms with E-state index in [1.165, 1.54) is 37.7 Å². The lowest BCUT2D eigenvalue weighted by atomic mass is 9.91. The topological polar surface area (TPSA) is 12.0 Å². The molecule has 1 aromatic carbocycles. The lowest BCUT2D eigenvalue weighted by molar-refractivity contribution is 0.295. The summed E-state index contributed by atoms with van der Waals surface area (Å²) in [5.41, 5.74) is 1.45. The molecule has 0 saturated heterocycles. The average Bonchev–Trinajstić information content (AvgIpc) is 2.94. The van der Waals surface area contributed by atoms with Gasteiger partial charge in [-0.3, -0.25) is 0 Å². The van der Waals surface area contributed by atoms with Gasteiger partial charge in [-0.05, 0) is 43.4 Å². The second-order valence-corrected chi connectivity index (χ2v) is 4.86. The standard InChI is InChI=1S/C13H16FN/c14-11-6-4-10(5-7-11)13(8-9-13)15-12-2-1-3-12/h4-7,12,15H,1-3,8-9H2. The molecule has 15 heavy (non-hydrogen) atoms. The van der Waals surface area contributed by atoms with Crippen LogP contribution in [0.2, 0.25) is 0 Å². The molecule has 80 valence electrons. The van der Waals surface area contributed by atoms with E-state index in [0.29, 0.717) is 6.04 Å². The highest BCUT2D eigenvalue weighted by Crippen LogP contribution is 2.47. The zero-order valence-electron chi connectivity index (χ0n) is 8.80. The van der Waals surface area contributed by atoms with Crippen LogP contribution in [0.3, 0.4) is 0 Å². The van der Waals surface area contributed by atoms with Crippen molar-refractivity contribution in [3.05, 3.63) is 35.6 Å². The minimum atomic E-state index is -0.141. The third kappa shape index (κ3) is 1.67. The van der Waals surface area contributed by atoms with Crippen LogP contribution in [0.25, 0.3) is 0 Å². The molecule has 2 aliphatic carbocycles. The van der Waals surface area contributed by atoms with Gasteiger partial charge in [0.15, 0.2) is 0 Å². The van der Waals surface area contributed by atoms with Crippen molar-refractivity contribution in [2.45, 2.75) is 43.7 Å². The van der Waals surface area contributed by atoms with Gasteiger partial charge in [-0.25, -0.2) is 4.39 Å². The number of rotatable bonds is 3. The van der Waals surface area contributed by atoms with Crippen molar-refractivity contribution in [1.82, 2.24) is 5.32 Å². The average molecular weight is 205 g/mol. The molecule has 0 aliphatic heterocycles. The third-order valence-electron chi connectivity index (χ3n) is 3.73. The molecule has 2 aliphatic rings. The predicted molar refractivity (Wildman–Crippen MR) is 58.1 cm³/mol. The molecule has 0 unspecified atom stereocenters. The molecular formula is C13H16FN. The van der Waals surface area contributed by atoms with Crippen LogP contribution in [-0.2, 0) is 5.54 Å². The third-order valence-corrected chi connectivity index (χ3v) is 3.73. The highest BCUT2D eigenvalue weighted by molar-refractivity contribution is 5.30. The van der Waals surface area contributed by atoms with Crippen LogP contribution in [0.1, 0.15) is 37.7 Å². The Bertz CT molecular complexity index is 349. The molecule has 0 atom stereocenters. The second-order valence-electron chi connectivity index (χ2n) is 4.86. The molecule has 1 aromatic rings. The summed E-state index contributed by atoms with van der Waals surface area (Å²) < 4.78 is 12.8. The first kappa shape index (κ1) is 9.34. The molecule has 0 spiro atoms. The lowest BCUT2D eigenvalue weighted by Gasteiger charge is -2.32. The molecule has 0 heterocycles. The van der Waals surface area contributed by atoms with E-state index in [4.69, 9.17) is 0 Å². The minimum absolute atomic E-state index is 0.141. The minimum Gasteiger partial charge on any atom is -0.305 e. The van der Waals surface area contributed by atoms with Crippen LogP contribution in [0.15, 0.2) is 24.3 Å². The zero-order valence-corrected chi connectivity index (χ0v) is 8.80. The summed E-state index contributed by atoms with van der Waals surface area (Å²) in [5.74, 6) is -0.141. The van der Waals surface area contributed by atoms with Crippen molar-refractivity contribution in [1.29, 1.82) is 0 Å². The summed E-state index contributed by atoms with van der Waals surface area (Å²) in [4.78, 5) is 0. The van der Waals surface area contributed by atoms with Crippen molar-refractivity contribution >= 4 is 0 Å². The van der Waals surface area contributed by atoms with Crippen LogP contribution in [0.4, 0.5) is 4.39 Å². The van der Waals surface area contributed by atoms with Gasteiger partial charge in [0.25, 0.3) is 0 Å². The summed E-state index contributed by atoms with van der Waals surface area (Å²) in [6.07, 6.45) is 6.38. The van der Waals surface area contributed by atoms with Gasteiger partial charge in [-0.15, -0.1) is 0 Å². The Hall–Kier alpha value is -0.890. The molecule has 3 rings (SSSR count). The monoisotopic (exact) mass is 205 g/mol. The Kier molecular flexibility index (Phi) is 2.06. The fourth-order valence-corrected chi connectivity index (χ4v) is 2.35. The quantitative estimate of drug-likeness (QED) is 0.800. The molecule has 0 bridgehead atoms. The van der Waals surface area contributed by atoms with E-state index < -0.39 is 0 Å². The number of hydrogen-bond donors (Lipinski definition) is 1. The van der Waals surface area contributed by atoms with Crippen LogP contribution >= 0.6 is 0 Å². The van der Waals surface area contributed by atoms with Crippen molar-refractivity contribution in [3.63, 3.8) is 0 Å². The van der Waals surface area contributed by atoms with Gasteiger partial charge in [-0.2, -0.15) is 0 Å². The Morgan fingerprint density at radius 3 is 2.27 bits per heavy atom. The first-order chi connectivity index (χ1) is 7.28. The first-order valence-corrected chi connectivity index (χ1v) is 5.82. The molecule has 1 N–H and O–H groups in total. The SMILES string of the molecule is Fc1ccc(C2(NC3CCC3)CC2)cc1. The van der Waals surface area contributed by atoms with E-state index in [0.717, 1.165) is 0 Å². The summed E-state index contributed by atoms with van der Waals surface area (Å²) in [5, 5.41) is 3.72. The van der Waals surface area contributed by atoms with Crippen molar-refractivity contribution in [2.75, 3.05) is 0 Å². The number of nitrogens with one attached hydrogen (secondary N) is 1. The largest absolute Gasteiger partial charge is 0.305 e. The number of hydrogen-bond acceptors (Lipinski definition) is 1. The molecule has 0 aromatic heterocycles. The van der Waals surface area contributed by atoms with Gasteiger partial charge in [-0.1, -0.05) is 18.6 Å². The molecular weight excluding hydrogens is 189 g/mol. The number of halogens is 1. The first-order valence-electron chi connectivity index (χ1n) is 5.82.